The molecule has 1 saturated heterocycles. The Kier molecular flexibility index (Phi) is 5.16. The minimum Gasteiger partial charge on any atom is -0.351 e. The molecule has 0 spiro atoms. The predicted molar refractivity (Wildman–Crippen MR) is 99.2 cm³/mol. The fourth-order valence-corrected chi connectivity index (χ4v) is 4.44. The van der Waals surface area contributed by atoms with Gasteiger partial charge in [0.1, 0.15) is 0 Å². The van der Waals surface area contributed by atoms with E-state index in [0.29, 0.717) is 31.8 Å². The Morgan fingerprint density at radius 1 is 1.24 bits per heavy atom. The van der Waals surface area contributed by atoms with Crippen LogP contribution >= 0.6 is 0 Å². The molecular formula is C21H30N2O2. The monoisotopic (exact) mass is 342 g/mol. The Morgan fingerprint density at radius 3 is 2.48 bits per heavy atom. The first kappa shape index (κ1) is 18.0. The maximum atomic E-state index is 12.7. The van der Waals surface area contributed by atoms with Gasteiger partial charge in [-0.3, -0.25) is 9.59 Å². The van der Waals surface area contributed by atoms with Crippen LogP contribution in [-0.2, 0) is 22.4 Å². The molecule has 1 aromatic carbocycles. The van der Waals surface area contributed by atoms with Gasteiger partial charge >= 0.3 is 0 Å². The van der Waals surface area contributed by atoms with Gasteiger partial charge in [-0.1, -0.05) is 24.3 Å². The third kappa shape index (κ3) is 4.23. The maximum Gasteiger partial charge on any atom is 0.225 e. The van der Waals surface area contributed by atoms with Crippen molar-refractivity contribution in [2.24, 2.45) is 11.8 Å². The van der Waals surface area contributed by atoms with Gasteiger partial charge in [0.25, 0.3) is 0 Å². The first-order chi connectivity index (χ1) is 11.9. The van der Waals surface area contributed by atoms with Crippen LogP contribution in [0.15, 0.2) is 24.3 Å². The van der Waals surface area contributed by atoms with Crippen molar-refractivity contribution in [2.45, 2.75) is 58.4 Å². The van der Waals surface area contributed by atoms with E-state index in [1.165, 1.54) is 11.1 Å². The number of likely N-dealkylation sites (tertiary alicyclic amines) is 1. The third-order valence-corrected chi connectivity index (χ3v) is 5.65. The number of nitrogens with one attached hydrogen (secondary N) is 1. The van der Waals surface area contributed by atoms with Gasteiger partial charge in [0.05, 0.1) is 5.92 Å². The molecule has 2 amide bonds. The van der Waals surface area contributed by atoms with Crippen molar-refractivity contribution in [2.75, 3.05) is 13.1 Å². The lowest BCUT2D eigenvalue weighted by Gasteiger charge is -2.35. The molecule has 4 nitrogen and oxygen atoms in total. The molecule has 1 unspecified atom stereocenters. The van der Waals surface area contributed by atoms with Crippen LogP contribution in [0.25, 0.3) is 0 Å². The van der Waals surface area contributed by atoms with E-state index in [9.17, 15) is 9.59 Å². The first-order valence-corrected chi connectivity index (χ1v) is 9.54. The van der Waals surface area contributed by atoms with Crippen molar-refractivity contribution < 1.29 is 9.59 Å². The van der Waals surface area contributed by atoms with E-state index in [1.807, 2.05) is 6.92 Å². The molecule has 1 atom stereocenters. The SMILES string of the molecule is CCN1CC(C(=O)NC(C)(C)CC2Cc3ccccc3C2)CCC1=O. The van der Waals surface area contributed by atoms with Crippen LogP contribution < -0.4 is 5.32 Å². The zero-order valence-corrected chi connectivity index (χ0v) is 15.7. The fraction of sp³-hybridized carbons (Fsp3) is 0.619. The molecular weight excluding hydrogens is 312 g/mol. The number of benzene rings is 1. The van der Waals surface area contributed by atoms with Crippen LogP contribution in [0, 0.1) is 11.8 Å². The van der Waals surface area contributed by atoms with Crippen LogP contribution in [0.4, 0.5) is 0 Å². The van der Waals surface area contributed by atoms with E-state index >= 15 is 0 Å². The third-order valence-electron chi connectivity index (χ3n) is 5.65. The van der Waals surface area contributed by atoms with E-state index in [-0.39, 0.29) is 23.3 Å². The maximum absolute atomic E-state index is 12.7. The van der Waals surface area contributed by atoms with E-state index in [1.54, 1.807) is 4.90 Å². The van der Waals surface area contributed by atoms with Crippen molar-refractivity contribution in [3.8, 4) is 0 Å². The molecule has 0 bridgehead atoms. The van der Waals surface area contributed by atoms with Gasteiger partial charge < -0.3 is 10.2 Å². The molecule has 136 valence electrons. The second kappa shape index (κ2) is 7.19. The van der Waals surface area contributed by atoms with Crippen LogP contribution in [0.5, 0.6) is 0 Å². The van der Waals surface area contributed by atoms with Gasteiger partial charge in [-0.2, -0.15) is 0 Å². The van der Waals surface area contributed by atoms with Gasteiger partial charge in [0.2, 0.25) is 11.8 Å². The summed E-state index contributed by atoms with van der Waals surface area (Å²) < 4.78 is 0. The number of rotatable bonds is 5. The lowest BCUT2D eigenvalue weighted by molar-refractivity contribution is -0.138. The smallest absolute Gasteiger partial charge is 0.225 e. The van der Waals surface area contributed by atoms with Gasteiger partial charge in [-0.05, 0) is 63.5 Å². The number of piperidine rings is 1. The highest BCUT2D eigenvalue weighted by Crippen LogP contribution is 2.32. The van der Waals surface area contributed by atoms with Crippen LogP contribution in [0.3, 0.4) is 0 Å². The second-order valence-electron chi connectivity index (χ2n) is 8.29. The largest absolute Gasteiger partial charge is 0.351 e. The predicted octanol–water partition coefficient (Wildman–Crippen LogP) is 2.94. The molecule has 1 aliphatic heterocycles. The Bertz CT molecular complexity index is 628. The summed E-state index contributed by atoms with van der Waals surface area (Å²) in [5.74, 6) is 0.798. The molecule has 1 N–H and O–H groups in total. The standard InChI is InChI=1S/C21H30N2O2/c1-4-23-14-18(9-10-19(23)24)20(25)22-21(2,3)13-15-11-16-7-5-6-8-17(16)12-15/h5-8,15,18H,4,9-14H2,1-3H3,(H,22,25). The summed E-state index contributed by atoms with van der Waals surface area (Å²) in [5, 5.41) is 3.26. The highest BCUT2D eigenvalue weighted by Gasteiger charge is 2.34. The molecule has 0 aromatic heterocycles. The lowest BCUT2D eigenvalue weighted by atomic mass is 9.87. The molecule has 1 aromatic rings. The number of hydrogen-bond donors (Lipinski definition) is 1. The Balaban J connectivity index is 1.55. The Hall–Kier alpha value is -1.84. The number of hydrogen-bond acceptors (Lipinski definition) is 2. The normalized spacial score (nSPS) is 21.3. The van der Waals surface area contributed by atoms with Crippen LogP contribution in [-0.4, -0.2) is 35.3 Å². The highest BCUT2D eigenvalue weighted by molar-refractivity contribution is 5.84. The van der Waals surface area contributed by atoms with Crippen LogP contribution in [0.1, 0.15) is 51.2 Å². The van der Waals surface area contributed by atoms with E-state index < -0.39 is 0 Å². The Labute approximate surface area is 151 Å². The number of fused-ring (bicyclic) bond motifs is 1. The first-order valence-electron chi connectivity index (χ1n) is 9.54. The van der Waals surface area contributed by atoms with Gasteiger partial charge in [-0.15, -0.1) is 0 Å². The molecule has 3 rings (SSSR count). The van der Waals surface area contributed by atoms with Crippen molar-refractivity contribution in [1.29, 1.82) is 0 Å². The van der Waals surface area contributed by atoms with E-state index in [0.717, 1.165) is 19.3 Å². The number of carbonyl (C=O) groups excluding carboxylic acids is 2. The van der Waals surface area contributed by atoms with E-state index in [2.05, 4.69) is 43.4 Å². The van der Waals surface area contributed by atoms with Crippen molar-refractivity contribution >= 4 is 11.8 Å². The summed E-state index contributed by atoms with van der Waals surface area (Å²) in [6.45, 7) is 7.47. The van der Waals surface area contributed by atoms with Crippen LogP contribution in [0.2, 0.25) is 0 Å². The molecule has 25 heavy (non-hydrogen) atoms. The quantitative estimate of drug-likeness (QED) is 0.894. The molecule has 0 radical (unpaired) electrons. The lowest BCUT2D eigenvalue weighted by Crippen LogP contribution is -2.51. The molecule has 0 saturated carbocycles. The Morgan fingerprint density at radius 2 is 1.88 bits per heavy atom. The van der Waals surface area contributed by atoms with Gasteiger partial charge in [0.15, 0.2) is 0 Å². The minimum absolute atomic E-state index is 0.0716. The fourth-order valence-electron chi connectivity index (χ4n) is 4.44. The summed E-state index contributed by atoms with van der Waals surface area (Å²) in [4.78, 5) is 26.3. The molecule has 2 aliphatic rings. The minimum atomic E-state index is -0.220. The number of amides is 2. The summed E-state index contributed by atoms with van der Waals surface area (Å²) in [6, 6.07) is 8.66. The zero-order chi connectivity index (χ0) is 18.0. The second-order valence-corrected chi connectivity index (χ2v) is 8.29. The zero-order valence-electron chi connectivity index (χ0n) is 15.7. The van der Waals surface area contributed by atoms with Crippen molar-refractivity contribution in [3.63, 3.8) is 0 Å². The molecule has 1 heterocycles. The molecule has 1 aliphatic carbocycles. The molecule has 1 fully saturated rings. The van der Waals surface area contributed by atoms with Gasteiger partial charge in [0, 0.05) is 25.0 Å². The summed E-state index contributed by atoms with van der Waals surface area (Å²) >= 11 is 0. The summed E-state index contributed by atoms with van der Waals surface area (Å²) in [5.41, 5.74) is 2.69. The average Bonchev–Trinajstić information content (AvgIpc) is 2.95. The van der Waals surface area contributed by atoms with E-state index in [4.69, 9.17) is 0 Å². The number of carbonyl (C=O) groups is 2. The topological polar surface area (TPSA) is 49.4 Å². The summed E-state index contributed by atoms with van der Waals surface area (Å²) in [6.07, 6.45) is 4.36. The van der Waals surface area contributed by atoms with Crippen molar-refractivity contribution in [1.82, 2.24) is 10.2 Å². The van der Waals surface area contributed by atoms with Crippen molar-refractivity contribution in [3.05, 3.63) is 35.4 Å². The molecule has 4 heteroatoms. The summed E-state index contributed by atoms with van der Waals surface area (Å²) in [7, 11) is 0. The van der Waals surface area contributed by atoms with Gasteiger partial charge in [-0.25, -0.2) is 0 Å². The highest BCUT2D eigenvalue weighted by atomic mass is 16.2. The number of nitrogens with zero attached hydrogens (tertiary/aromatic N) is 1. The average molecular weight is 342 g/mol.